The van der Waals surface area contributed by atoms with Gasteiger partial charge in [-0.15, -0.1) is 0 Å². The van der Waals surface area contributed by atoms with E-state index in [1.807, 2.05) is 0 Å². The minimum atomic E-state index is -0.964. The minimum Gasteiger partial charge on any atom is -0.502 e. The van der Waals surface area contributed by atoms with Gasteiger partial charge < -0.3 is 10.2 Å². The van der Waals surface area contributed by atoms with Crippen molar-refractivity contribution >= 4 is 57.8 Å². The standard InChI is InChI=1S/C12H4Cl4N2O6/c13-3-1-5(19)11(17(21)22)9(15)7(3)8-4(14)2-6(20)12(10(8)16)18(23)24/h1-2,19-20H. The molecule has 8 nitrogen and oxygen atoms in total. The van der Waals surface area contributed by atoms with Gasteiger partial charge in [0.25, 0.3) is 0 Å². The van der Waals surface area contributed by atoms with Crippen molar-refractivity contribution in [1.29, 1.82) is 0 Å². The van der Waals surface area contributed by atoms with Crippen molar-refractivity contribution in [1.82, 2.24) is 0 Å². The van der Waals surface area contributed by atoms with Gasteiger partial charge in [-0.25, -0.2) is 0 Å². The van der Waals surface area contributed by atoms with Crippen LogP contribution in [0, 0.1) is 20.2 Å². The van der Waals surface area contributed by atoms with Crippen molar-refractivity contribution in [3.05, 3.63) is 52.5 Å². The summed E-state index contributed by atoms with van der Waals surface area (Å²) in [6.07, 6.45) is 0. The lowest BCUT2D eigenvalue weighted by Crippen LogP contribution is -1.97. The van der Waals surface area contributed by atoms with Crippen molar-refractivity contribution in [2.45, 2.75) is 0 Å². The molecule has 0 spiro atoms. The first-order chi connectivity index (χ1) is 11.1. The third kappa shape index (κ3) is 2.89. The molecule has 2 aromatic carbocycles. The third-order valence-electron chi connectivity index (χ3n) is 2.96. The van der Waals surface area contributed by atoms with Crippen LogP contribution in [0.5, 0.6) is 11.5 Å². The molecule has 0 fully saturated rings. The lowest BCUT2D eigenvalue weighted by molar-refractivity contribution is -0.385. The normalized spacial score (nSPS) is 10.7. The van der Waals surface area contributed by atoms with Gasteiger partial charge in [-0.3, -0.25) is 20.2 Å². The van der Waals surface area contributed by atoms with Gasteiger partial charge in [0.05, 0.1) is 19.9 Å². The number of nitrogens with zero attached hydrogens (tertiary/aromatic N) is 2. The van der Waals surface area contributed by atoms with Crippen LogP contribution in [0.4, 0.5) is 11.4 Å². The van der Waals surface area contributed by atoms with Gasteiger partial charge in [0.15, 0.2) is 11.5 Å². The van der Waals surface area contributed by atoms with Gasteiger partial charge in [-0.1, -0.05) is 46.4 Å². The van der Waals surface area contributed by atoms with E-state index in [1.54, 1.807) is 0 Å². The fourth-order valence-corrected chi connectivity index (χ4v) is 3.40. The van der Waals surface area contributed by atoms with Gasteiger partial charge in [0.2, 0.25) is 0 Å². The quantitative estimate of drug-likeness (QED) is 0.526. The van der Waals surface area contributed by atoms with Crippen LogP contribution in [0.3, 0.4) is 0 Å². The zero-order valence-corrected chi connectivity index (χ0v) is 14.1. The maximum atomic E-state index is 11.0. The molecule has 0 aliphatic carbocycles. The average Bonchev–Trinajstić information content (AvgIpc) is 2.40. The molecule has 126 valence electrons. The van der Waals surface area contributed by atoms with Crippen molar-refractivity contribution in [3.8, 4) is 22.6 Å². The predicted molar refractivity (Wildman–Crippen MR) is 88.6 cm³/mol. The van der Waals surface area contributed by atoms with Gasteiger partial charge in [0.1, 0.15) is 10.0 Å². The second kappa shape index (κ2) is 6.48. The number of phenols is 2. The monoisotopic (exact) mass is 412 g/mol. The van der Waals surface area contributed by atoms with Crippen LogP contribution < -0.4 is 0 Å². The second-order valence-corrected chi connectivity index (χ2v) is 5.91. The van der Waals surface area contributed by atoms with E-state index in [-0.39, 0.29) is 21.2 Å². The molecule has 2 N–H and O–H groups in total. The van der Waals surface area contributed by atoms with Crippen molar-refractivity contribution in [2.24, 2.45) is 0 Å². The first kappa shape index (κ1) is 18.3. The number of nitro benzene ring substituents is 2. The van der Waals surface area contributed by atoms with E-state index in [0.717, 1.165) is 12.1 Å². The summed E-state index contributed by atoms with van der Waals surface area (Å²) in [6, 6.07) is 1.65. The Morgan fingerprint density at radius 3 is 1.29 bits per heavy atom. The van der Waals surface area contributed by atoms with Gasteiger partial charge in [0, 0.05) is 23.3 Å². The molecular weight excluding hydrogens is 410 g/mol. The minimum absolute atomic E-state index is 0.285. The largest absolute Gasteiger partial charge is 0.502 e. The van der Waals surface area contributed by atoms with E-state index in [4.69, 9.17) is 46.4 Å². The fraction of sp³-hybridized carbons (Fsp3) is 0. The summed E-state index contributed by atoms with van der Waals surface area (Å²) in [5.74, 6) is -1.61. The molecule has 2 aromatic rings. The molecule has 0 aromatic heterocycles. The number of hydrogen-bond donors (Lipinski definition) is 2. The first-order valence-corrected chi connectivity index (χ1v) is 7.30. The van der Waals surface area contributed by atoms with Crippen LogP contribution in [0.25, 0.3) is 11.1 Å². The Labute approximate surface area is 153 Å². The molecule has 24 heavy (non-hydrogen) atoms. The Kier molecular flexibility index (Phi) is 4.95. The van der Waals surface area contributed by atoms with Crippen LogP contribution >= 0.6 is 46.4 Å². The molecular formula is C12H4Cl4N2O6. The number of benzene rings is 2. The van der Waals surface area contributed by atoms with E-state index < -0.39 is 42.8 Å². The lowest BCUT2D eigenvalue weighted by Gasteiger charge is -2.13. The molecule has 0 heterocycles. The lowest BCUT2D eigenvalue weighted by atomic mass is 10.0. The highest BCUT2D eigenvalue weighted by molar-refractivity contribution is 6.46. The van der Waals surface area contributed by atoms with Crippen LogP contribution in [0.2, 0.25) is 20.1 Å². The molecule has 0 radical (unpaired) electrons. The second-order valence-electron chi connectivity index (χ2n) is 4.34. The van der Waals surface area contributed by atoms with Gasteiger partial charge in [-0.05, 0) is 0 Å². The van der Waals surface area contributed by atoms with Crippen LogP contribution in [0.1, 0.15) is 0 Å². The Morgan fingerprint density at radius 2 is 1.04 bits per heavy atom. The van der Waals surface area contributed by atoms with Crippen LogP contribution in [-0.2, 0) is 0 Å². The van der Waals surface area contributed by atoms with E-state index in [2.05, 4.69) is 0 Å². The molecule has 0 aliphatic heterocycles. The van der Waals surface area contributed by atoms with Crippen LogP contribution in [-0.4, -0.2) is 20.1 Å². The molecule has 12 heteroatoms. The number of phenolic OH excluding ortho intramolecular Hbond substituents is 2. The summed E-state index contributed by atoms with van der Waals surface area (Å²) in [7, 11) is 0. The Balaban J connectivity index is 2.98. The maximum Gasteiger partial charge on any atom is 0.329 e. The Bertz CT molecular complexity index is 829. The van der Waals surface area contributed by atoms with Gasteiger partial charge >= 0.3 is 11.4 Å². The van der Waals surface area contributed by atoms with E-state index in [0.29, 0.717) is 0 Å². The van der Waals surface area contributed by atoms with E-state index >= 15 is 0 Å². The maximum absolute atomic E-state index is 11.0. The fourth-order valence-electron chi connectivity index (χ4n) is 2.00. The highest BCUT2D eigenvalue weighted by atomic mass is 35.5. The number of hydrogen-bond acceptors (Lipinski definition) is 6. The van der Waals surface area contributed by atoms with Crippen molar-refractivity contribution < 1.29 is 20.1 Å². The van der Waals surface area contributed by atoms with Crippen molar-refractivity contribution in [3.63, 3.8) is 0 Å². The van der Waals surface area contributed by atoms with Crippen LogP contribution in [0.15, 0.2) is 12.1 Å². The average molecular weight is 414 g/mol. The van der Waals surface area contributed by atoms with E-state index in [9.17, 15) is 30.4 Å². The molecule has 0 unspecified atom stereocenters. The zero-order chi connectivity index (χ0) is 18.3. The first-order valence-electron chi connectivity index (χ1n) is 5.79. The molecule has 2 rings (SSSR count). The summed E-state index contributed by atoms with van der Waals surface area (Å²) in [5.41, 5.74) is -2.33. The number of aromatic hydroxyl groups is 2. The van der Waals surface area contributed by atoms with Crippen molar-refractivity contribution in [2.75, 3.05) is 0 Å². The number of rotatable bonds is 3. The smallest absolute Gasteiger partial charge is 0.329 e. The number of nitro groups is 2. The summed E-state index contributed by atoms with van der Waals surface area (Å²) in [4.78, 5) is 20.2. The predicted octanol–water partition coefficient (Wildman–Crippen LogP) is 5.19. The third-order valence-corrected chi connectivity index (χ3v) is 4.29. The molecule has 0 atom stereocenters. The Morgan fingerprint density at radius 1 is 0.750 bits per heavy atom. The van der Waals surface area contributed by atoms with Gasteiger partial charge in [-0.2, -0.15) is 0 Å². The molecule has 0 bridgehead atoms. The highest BCUT2D eigenvalue weighted by Gasteiger charge is 2.32. The summed E-state index contributed by atoms with van der Waals surface area (Å²) in [5, 5.41) is 39.5. The topological polar surface area (TPSA) is 127 Å². The number of halogens is 4. The molecule has 0 saturated carbocycles. The highest BCUT2D eigenvalue weighted by Crippen LogP contribution is 2.52. The summed E-state index contributed by atoms with van der Waals surface area (Å²) >= 11 is 23.7. The molecule has 0 amide bonds. The SMILES string of the molecule is O=[N+]([O-])c1c(O)cc(Cl)c(-c2c(Cl)cc(O)c([N+](=O)[O-])c2Cl)c1Cl. The molecule has 0 saturated heterocycles. The van der Waals surface area contributed by atoms with E-state index in [1.165, 1.54) is 0 Å². The zero-order valence-electron chi connectivity index (χ0n) is 11.1. The Hall–Kier alpha value is -2.00. The molecule has 0 aliphatic rings. The summed E-state index contributed by atoms with van der Waals surface area (Å²) < 4.78 is 0. The summed E-state index contributed by atoms with van der Waals surface area (Å²) in [6.45, 7) is 0.